The molecule has 1 heterocycles. The van der Waals surface area contributed by atoms with Crippen LogP contribution >= 0.6 is 0 Å². The largest absolute Gasteiger partial charge is 0.392 e. The van der Waals surface area contributed by atoms with E-state index in [0.717, 1.165) is 83.4 Å². The van der Waals surface area contributed by atoms with Gasteiger partial charge < -0.3 is 25.2 Å². The number of aliphatic hydroxyl groups is 1. The van der Waals surface area contributed by atoms with Gasteiger partial charge in [0.1, 0.15) is 0 Å². The number of benzene rings is 4. The summed E-state index contributed by atoms with van der Waals surface area (Å²) in [6.45, 7) is 3.48. The Hall–Kier alpha value is -4.01. The number of nitrogens with zero attached hydrogens (tertiary/aromatic N) is 1. The number of hydrogen-bond acceptors (Lipinski definition) is 5. The minimum Gasteiger partial charge on any atom is -0.392 e. The first kappa shape index (κ1) is 35.0. The van der Waals surface area contributed by atoms with E-state index in [0.29, 0.717) is 6.54 Å². The van der Waals surface area contributed by atoms with Crippen molar-refractivity contribution in [3.05, 3.63) is 131 Å². The Kier molecular flexibility index (Phi) is 10.2. The molecule has 52 heavy (non-hydrogen) atoms. The number of amides is 2. The van der Waals surface area contributed by atoms with Crippen LogP contribution in [0.1, 0.15) is 98.1 Å². The number of carbonyl (C=O) groups excluding carboxylic acids is 1. The van der Waals surface area contributed by atoms with Gasteiger partial charge in [0.2, 0.25) is 0 Å². The topological polar surface area (TPSA) is 83.1 Å². The minimum atomic E-state index is -0.527. The van der Waals surface area contributed by atoms with Crippen LogP contribution in [0, 0.1) is 17.8 Å². The molecule has 0 radical (unpaired) electrons. The van der Waals surface area contributed by atoms with Gasteiger partial charge in [-0.2, -0.15) is 0 Å². The standard InChI is InChI=1S/C45H53N3O4/c1-30(35-8-4-3-5-9-35)48(2)28-40-23-42(37-14-12-31(29-49)13-15-37)52-43(51-40)38-18-16-36(17-19-38)41-11-7-6-10-39(41)27-46-44(50)47-45-24-32-20-33(25-45)22-34(21-32)26-45/h3-19,30,32-34,40,42-43,49H,20-29H2,1-2H3,(H2,46,47,50)/t30-,32?,33?,34?,40-,42+,43+,45?/m0/s1. The second-order valence-corrected chi connectivity index (χ2v) is 16.2. The summed E-state index contributed by atoms with van der Waals surface area (Å²) in [6.07, 6.45) is 7.52. The zero-order valence-corrected chi connectivity index (χ0v) is 30.5. The van der Waals surface area contributed by atoms with Gasteiger partial charge in [-0.15, -0.1) is 0 Å². The van der Waals surface area contributed by atoms with Gasteiger partial charge in [-0.1, -0.05) is 103 Å². The molecule has 4 bridgehead atoms. The monoisotopic (exact) mass is 699 g/mol. The molecule has 4 atom stereocenters. The highest BCUT2D eigenvalue weighted by Gasteiger charge is 2.51. The average Bonchev–Trinajstić information content (AvgIpc) is 3.16. The molecule has 4 aromatic carbocycles. The lowest BCUT2D eigenvalue weighted by atomic mass is 9.53. The van der Waals surface area contributed by atoms with Gasteiger partial charge in [0.05, 0.1) is 18.8 Å². The summed E-state index contributed by atoms with van der Waals surface area (Å²) in [4.78, 5) is 15.6. The molecule has 0 aromatic heterocycles. The molecule has 5 fully saturated rings. The highest BCUT2D eigenvalue weighted by molar-refractivity contribution is 5.76. The predicted octanol–water partition coefficient (Wildman–Crippen LogP) is 8.85. The van der Waals surface area contributed by atoms with Gasteiger partial charge in [-0.05, 0) is 104 Å². The van der Waals surface area contributed by atoms with Crippen LogP contribution in [0.15, 0.2) is 103 Å². The van der Waals surface area contributed by atoms with Crippen molar-refractivity contribution < 1.29 is 19.4 Å². The Bertz CT molecular complexity index is 1780. The van der Waals surface area contributed by atoms with Gasteiger partial charge in [0, 0.05) is 36.7 Å². The summed E-state index contributed by atoms with van der Waals surface area (Å²) in [6, 6.07) is 35.6. The summed E-state index contributed by atoms with van der Waals surface area (Å²) >= 11 is 0. The van der Waals surface area contributed by atoms with Crippen molar-refractivity contribution in [2.45, 2.75) is 95.1 Å². The number of nitrogens with one attached hydrogen (secondary N) is 2. The fourth-order valence-electron chi connectivity index (χ4n) is 10.00. The Labute approximate surface area is 308 Å². The van der Waals surface area contributed by atoms with E-state index in [2.05, 4.69) is 114 Å². The van der Waals surface area contributed by atoms with Crippen molar-refractivity contribution in [2.24, 2.45) is 17.8 Å². The summed E-state index contributed by atoms with van der Waals surface area (Å²) in [5.41, 5.74) is 7.48. The van der Waals surface area contributed by atoms with E-state index in [1.807, 2.05) is 18.2 Å². The smallest absolute Gasteiger partial charge is 0.315 e. The maximum absolute atomic E-state index is 13.3. The number of carbonyl (C=O) groups is 1. The van der Waals surface area contributed by atoms with Crippen LogP contribution in [0.5, 0.6) is 0 Å². The van der Waals surface area contributed by atoms with Gasteiger partial charge >= 0.3 is 6.03 Å². The lowest BCUT2D eigenvalue weighted by molar-refractivity contribution is -0.253. The molecule has 4 aliphatic carbocycles. The van der Waals surface area contributed by atoms with Gasteiger partial charge in [-0.25, -0.2) is 4.79 Å². The Morgan fingerprint density at radius 3 is 2.12 bits per heavy atom. The second-order valence-electron chi connectivity index (χ2n) is 16.2. The second kappa shape index (κ2) is 15.2. The van der Waals surface area contributed by atoms with Crippen molar-refractivity contribution in [3.63, 3.8) is 0 Å². The van der Waals surface area contributed by atoms with Crippen molar-refractivity contribution in [2.75, 3.05) is 13.6 Å². The first-order valence-electron chi connectivity index (χ1n) is 19.3. The predicted molar refractivity (Wildman–Crippen MR) is 204 cm³/mol. The minimum absolute atomic E-state index is 0.00606. The molecule has 2 amide bonds. The highest BCUT2D eigenvalue weighted by Crippen LogP contribution is 2.55. The molecule has 4 aromatic rings. The molecular formula is C45H53N3O4. The molecule has 0 spiro atoms. The van der Waals surface area contributed by atoms with Gasteiger partial charge in [0.15, 0.2) is 6.29 Å². The molecule has 1 aliphatic heterocycles. The van der Waals surface area contributed by atoms with Crippen LogP contribution < -0.4 is 10.6 Å². The summed E-state index contributed by atoms with van der Waals surface area (Å²) in [7, 11) is 2.16. The fraction of sp³-hybridized carbons (Fsp3) is 0.444. The lowest BCUT2D eigenvalue weighted by Gasteiger charge is -2.56. The number of aliphatic hydroxyl groups excluding tert-OH is 1. The molecule has 5 aliphatic rings. The van der Waals surface area contributed by atoms with Crippen molar-refractivity contribution in [3.8, 4) is 11.1 Å². The van der Waals surface area contributed by atoms with Crippen LogP contribution in [-0.2, 0) is 22.6 Å². The number of ether oxygens (including phenoxy) is 2. The van der Waals surface area contributed by atoms with Crippen LogP contribution in [0.2, 0.25) is 0 Å². The van der Waals surface area contributed by atoms with Gasteiger partial charge in [-0.3, -0.25) is 4.90 Å². The summed E-state index contributed by atoms with van der Waals surface area (Å²) < 4.78 is 13.4. The zero-order valence-electron chi connectivity index (χ0n) is 30.5. The molecule has 7 nitrogen and oxygen atoms in total. The third-order valence-corrected chi connectivity index (χ3v) is 12.4. The number of urea groups is 1. The molecule has 1 saturated heterocycles. The molecule has 4 saturated carbocycles. The summed E-state index contributed by atoms with van der Waals surface area (Å²) in [5.74, 6) is 2.37. The molecule has 0 unspecified atom stereocenters. The van der Waals surface area contributed by atoms with Crippen LogP contribution in [0.4, 0.5) is 4.79 Å². The van der Waals surface area contributed by atoms with E-state index < -0.39 is 6.29 Å². The Balaban J connectivity index is 0.955. The molecular weight excluding hydrogens is 647 g/mol. The number of rotatable bonds is 11. The molecule has 9 rings (SSSR count). The number of hydrogen-bond donors (Lipinski definition) is 3. The normalized spacial score (nSPS) is 28.5. The molecule has 3 N–H and O–H groups in total. The van der Waals surface area contributed by atoms with Crippen LogP contribution in [0.25, 0.3) is 11.1 Å². The van der Waals surface area contributed by atoms with Crippen LogP contribution in [-0.4, -0.2) is 41.3 Å². The lowest BCUT2D eigenvalue weighted by Crippen LogP contribution is -2.61. The van der Waals surface area contributed by atoms with E-state index in [1.54, 1.807) is 0 Å². The van der Waals surface area contributed by atoms with E-state index in [9.17, 15) is 9.90 Å². The highest BCUT2D eigenvalue weighted by atomic mass is 16.7. The maximum atomic E-state index is 13.3. The maximum Gasteiger partial charge on any atom is 0.315 e. The first-order valence-corrected chi connectivity index (χ1v) is 19.3. The zero-order chi connectivity index (χ0) is 35.7. The van der Waals surface area contributed by atoms with Crippen molar-refractivity contribution >= 4 is 6.03 Å². The third-order valence-electron chi connectivity index (χ3n) is 12.4. The van der Waals surface area contributed by atoms with E-state index in [-0.39, 0.29) is 36.4 Å². The summed E-state index contributed by atoms with van der Waals surface area (Å²) in [5, 5.41) is 16.3. The Morgan fingerprint density at radius 2 is 1.44 bits per heavy atom. The van der Waals surface area contributed by atoms with Crippen molar-refractivity contribution in [1.29, 1.82) is 0 Å². The average molecular weight is 700 g/mol. The quantitative estimate of drug-likeness (QED) is 0.146. The van der Waals surface area contributed by atoms with E-state index >= 15 is 0 Å². The molecule has 7 heteroatoms. The van der Waals surface area contributed by atoms with E-state index in [1.165, 1.54) is 24.8 Å². The Morgan fingerprint density at radius 1 is 0.808 bits per heavy atom. The van der Waals surface area contributed by atoms with E-state index in [4.69, 9.17) is 9.47 Å². The fourth-order valence-corrected chi connectivity index (χ4v) is 10.00. The van der Waals surface area contributed by atoms with Gasteiger partial charge in [0.25, 0.3) is 0 Å². The first-order chi connectivity index (χ1) is 25.3. The third kappa shape index (κ3) is 7.69. The number of likely N-dealkylation sites (N-methyl/N-ethyl adjacent to an activating group) is 1. The molecule has 272 valence electrons. The SMILES string of the molecule is C[C@@H](c1ccccc1)N(C)C[C@@H]1C[C@H](c2ccc(CO)cc2)O[C@H](c2ccc(-c3ccccc3CNC(=O)NC34CC5CC(CC(C5)C3)C4)cc2)O1. The van der Waals surface area contributed by atoms with Crippen molar-refractivity contribution in [1.82, 2.24) is 15.5 Å². The van der Waals surface area contributed by atoms with Crippen LogP contribution in [0.3, 0.4) is 0 Å².